The Morgan fingerprint density at radius 2 is 1.89 bits per heavy atom. The molecule has 0 aromatic heterocycles. The molecule has 1 rings (SSSR count). The minimum absolute atomic E-state index is 0.0368. The third-order valence-electron chi connectivity index (χ3n) is 2.77. The first-order valence-corrected chi connectivity index (χ1v) is 7.10. The summed E-state index contributed by atoms with van der Waals surface area (Å²) in [7, 11) is 4.03. The van der Waals surface area contributed by atoms with Crippen LogP contribution in [0.4, 0.5) is 0 Å². The van der Waals surface area contributed by atoms with Crippen molar-refractivity contribution in [1.82, 2.24) is 10.2 Å². The van der Waals surface area contributed by atoms with E-state index in [-0.39, 0.29) is 5.91 Å². The van der Waals surface area contributed by atoms with Crippen LogP contribution in [-0.4, -0.2) is 38.0 Å². The summed E-state index contributed by atoms with van der Waals surface area (Å²) in [5.74, 6) is 0.0368. The van der Waals surface area contributed by atoms with E-state index >= 15 is 0 Å². The van der Waals surface area contributed by atoms with Gasteiger partial charge in [0, 0.05) is 23.0 Å². The van der Waals surface area contributed by atoms with E-state index in [9.17, 15) is 4.79 Å². The largest absolute Gasteiger partial charge is 0.356 e. The van der Waals surface area contributed by atoms with Crippen LogP contribution in [0.15, 0.2) is 18.2 Å². The predicted octanol–water partition coefficient (Wildman–Crippen LogP) is 2.99. The molecule has 0 unspecified atom stereocenters. The van der Waals surface area contributed by atoms with Crippen molar-refractivity contribution in [1.29, 1.82) is 0 Å². The van der Waals surface area contributed by atoms with Crippen molar-refractivity contribution in [2.24, 2.45) is 0 Å². The van der Waals surface area contributed by atoms with Crippen LogP contribution in [0.3, 0.4) is 0 Å². The number of rotatable bonds is 7. The summed E-state index contributed by atoms with van der Waals surface area (Å²) in [6, 6.07) is 5.38. The highest BCUT2D eigenvalue weighted by Crippen LogP contribution is 2.25. The van der Waals surface area contributed by atoms with Crippen molar-refractivity contribution in [2.45, 2.75) is 19.3 Å². The number of benzene rings is 1. The van der Waals surface area contributed by atoms with E-state index in [4.69, 9.17) is 23.2 Å². The first-order chi connectivity index (χ1) is 9.00. The van der Waals surface area contributed by atoms with Gasteiger partial charge in [0.25, 0.3) is 0 Å². The molecule has 5 heteroatoms. The minimum Gasteiger partial charge on any atom is -0.356 e. The number of amides is 1. The first-order valence-electron chi connectivity index (χ1n) is 6.35. The van der Waals surface area contributed by atoms with Crippen molar-refractivity contribution in [3.05, 3.63) is 33.8 Å². The summed E-state index contributed by atoms with van der Waals surface area (Å²) < 4.78 is 0. The van der Waals surface area contributed by atoms with Crippen LogP contribution >= 0.6 is 23.2 Å². The second kappa shape index (κ2) is 8.41. The zero-order valence-electron chi connectivity index (χ0n) is 11.4. The lowest BCUT2D eigenvalue weighted by atomic mass is 10.1. The van der Waals surface area contributed by atoms with E-state index in [0.717, 1.165) is 18.5 Å². The lowest BCUT2D eigenvalue weighted by Gasteiger charge is -2.10. The van der Waals surface area contributed by atoms with Gasteiger partial charge in [-0.15, -0.1) is 0 Å². The highest BCUT2D eigenvalue weighted by atomic mass is 35.5. The molecule has 0 radical (unpaired) electrons. The predicted molar refractivity (Wildman–Crippen MR) is 81.0 cm³/mol. The number of hydrogen-bond acceptors (Lipinski definition) is 2. The molecule has 0 heterocycles. The Balaban J connectivity index is 2.30. The molecule has 0 saturated carbocycles. The van der Waals surface area contributed by atoms with Gasteiger partial charge in [-0.1, -0.05) is 29.3 Å². The summed E-state index contributed by atoms with van der Waals surface area (Å²) in [5, 5.41) is 4.13. The van der Waals surface area contributed by atoms with Gasteiger partial charge in [0.2, 0.25) is 5.91 Å². The van der Waals surface area contributed by atoms with Gasteiger partial charge in [-0.25, -0.2) is 0 Å². The van der Waals surface area contributed by atoms with Crippen LogP contribution < -0.4 is 5.32 Å². The summed E-state index contributed by atoms with van der Waals surface area (Å²) >= 11 is 12.1. The molecule has 0 aliphatic carbocycles. The highest BCUT2D eigenvalue weighted by molar-refractivity contribution is 6.36. The molecular weight excluding hydrogens is 283 g/mol. The maximum absolute atomic E-state index is 11.7. The zero-order chi connectivity index (χ0) is 14.3. The van der Waals surface area contributed by atoms with Gasteiger partial charge in [-0.2, -0.15) is 0 Å². The van der Waals surface area contributed by atoms with E-state index in [1.807, 2.05) is 14.1 Å². The average Bonchev–Trinajstić information content (AvgIpc) is 2.34. The van der Waals surface area contributed by atoms with E-state index in [1.165, 1.54) is 0 Å². The van der Waals surface area contributed by atoms with E-state index in [2.05, 4.69) is 10.2 Å². The molecule has 0 aliphatic rings. The number of nitrogens with zero attached hydrogens (tertiary/aromatic N) is 1. The summed E-state index contributed by atoms with van der Waals surface area (Å²) in [4.78, 5) is 13.8. The Hall–Kier alpha value is -0.770. The van der Waals surface area contributed by atoms with Crippen LogP contribution in [0.1, 0.15) is 18.4 Å². The van der Waals surface area contributed by atoms with Gasteiger partial charge < -0.3 is 10.2 Å². The maximum Gasteiger partial charge on any atom is 0.220 e. The van der Waals surface area contributed by atoms with Crippen molar-refractivity contribution in [3.63, 3.8) is 0 Å². The molecule has 1 aromatic carbocycles. The van der Waals surface area contributed by atoms with Crippen molar-refractivity contribution in [3.8, 4) is 0 Å². The molecule has 106 valence electrons. The fraction of sp³-hybridized carbons (Fsp3) is 0.500. The third-order valence-corrected chi connectivity index (χ3v) is 3.48. The molecule has 0 spiro atoms. The fourth-order valence-corrected chi connectivity index (χ4v) is 2.31. The Labute approximate surface area is 124 Å². The molecule has 0 fully saturated rings. The van der Waals surface area contributed by atoms with Gasteiger partial charge >= 0.3 is 0 Å². The quantitative estimate of drug-likeness (QED) is 0.785. The fourth-order valence-electron chi connectivity index (χ4n) is 1.72. The Morgan fingerprint density at radius 1 is 1.26 bits per heavy atom. The summed E-state index contributed by atoms with van der Waals surface area (Å²) in [6.45, 7) is 1.67. The molecule has 0 atom stereocenters. The van der Waals surface area contributed by atoms with E-state index in [0.29, 0.717) is 29.4 Å². The number of carbonyl (C=O) groups excluding carboxylic acids is 1. The molecule has 0 aliphatic heterocycles. The second-order valence-corrected chi connectivity index (χ2v) is 5.52. The Kier molecular flexibility index (Phi) is 7.21. The summed E-state index contributed by atoms with van der Waals surface area (Å²) in [5.41, 5.74) is 0.842. The second-order valence-electron chi connectivity index (χ2n) is 4.71. The molecule has 1 amide bonds. The monoisotopic (exact) mass is 302 g/mol. The van der Waals surface area contributed by atoms with Crippen LogP contribution in [0.2, 0.25) is 10.0 Å². The Bertz CT molecular complexity index is 402. The number of carbonyl (C=O) groups is 1. The number of halogens is 2. The molecule has 0 saturated heterocycles. The van der Waals surface area contributed by atoms with Crippen molar-refractivity contribution in [2.75, 3.05) is 27.2 Å². The van der Waals surface area contributed by atoms with Crippen LogP contribution in [0.5, 0.6) is 0 Å². The molecule has 3 nitrogen and oxygen atoms in total. The minimum atomic E-state index is 0.0368. The normalized spacial score (nSPS) is 10.8. The van der Waals surface area contributed by atoms with Gasteiger partial charge in [0.15, 0.2) is 0 Å². The lowest BCUT2D eigenvalue weighted by molar-refractivity contribution is -0.121. The molecular formula is C14H20Cl2N2O. The van der Waals surface area contributed by atoms with Gasteiger partial charge in [0.05, 0.1) is 0 Å². The lowest BCUT2D eigenvalue weighted by Crippen LogP contribution is -2.27. The van der Waals surface area contributed by atoms with Crippen LogP contribution in [0, 0.1) is 0 Å². The van der Waals surface area contributed by atoms with Gasteiger partial charge in [0.1, 0.15) is 0 Å². The number of nitrogens with one attached hydrogen (secondary N) is 1. The summed E-state index contributed by atoms with van der Waals surface area (Å²) in [6.07, 6.45) is 1.93. The molecule has 19 heavy (non-hydrogen) atoms. The zero-order valence-corrected chi connectivity index (χ0v) is 12.9. The van der Waals surface area contributed by atoms with Gasteiger partial charge in [-0.05, 0) is 51.2 Å². The highest BCUT2D eigenvalue weighted by Gasteiger charge is 2.08. The van der Waals surface area contributed by atoms with Crippen molar-refractivity contribution < 1.29 is 4.79 Å². The van der Waals surface area contributed by atoms with E-state index < -0.39 is 0 Å². The van der Waals surface area contributed by atoms with Crippen LogP contribution in [-0.2, 0) is 11.2 Å². The molecule has 1 aromatic rings. The maximum atomic E-state index is 11.7. The number of hydrogen-bond donors (Lipinski definition) is 1. The standard InChI is InChI=1S/C14H20Cl2N2O/c1-18(2)10-4-9-17-14(19)8-7-11-12(15)5-3-6-13(11)16/h3,5-6H,4,7-10H2,1-2H3,(H,17,19). The topological polar surface area (TPSA) is 32.3 Å². The first kappa shape index (κ1) is 16.3. The Morgan fingerprint density at radius 3 is 2.47 bits per heavy atom. The third kappa shape index (κ3) is 6.28. The van der Waals surface area contributed by atoms with Crippen molar-refractivity contribution >= 4 is 29.1 Å². The average molecular weight is 303 g/mol. The van der Waals surface area contributed by atoms with E-state index in [1.54, 1.807) is 18.2 Å². The smallest absolute Gasteiger partial charge is 0.220 e. The molecule has 1 N–H and O–H groups in total. The van der Waals surface area contributed by atoms with Crippen LogP contribution in [0.25, 0.3) is 0 Å². The SMILES string of the molecule is CN(C)CCCNC(=O)CCc1c(Cl)cccc1Cl. The molecule has 0 bridgehead atoms. The van der Waals surface area contributed by atoms with Gasteiger partial charge in [-0.3, -0.25) is 4.79 Å².